The van der Waals surface area contributed by atoms with Crippen LogP contribution in [-0.2, 0) is 0 Å². The van der Waals surface area contributed by atoms with Gasteiger partial charge in [0, 0.05) is 24.7 Å². The molecule has 0 unspecified atom stereocenters. The van der Waals surface area contributed by atoms with Gasteiger partial charge in [-0.3, -0.25) is 4.79 Å². The summed E-state index contributed by atoms with van der Waals surface area (Å²) in [5.74, 6) is 2.14. The molecular formula is C16H26N4O. The van der Waals surface area contributed by atoms with Crippen molar-refractivity contribution in [3.63, 3.8) is 0 Å². The number of rotatable bonds is 2. The van der Waals surface area contributed by atoms with E-state index in [2.05, 4.69) is 27.1 Å². The minimum Gasteiger partial charge on any atom is -0.356 e. The second-order valence-corrected chi connectivity index (χ2v) is 7.03. The zero-order valence-electron chi connectivity index (χ0n) is 13.7. The van der Waals surface area contributed by atoms with Gasteiger partial charge in [-0.15, -0.1) is 0 Å². The Kier molecular flexibility index (Phi) is 4.49. The highest BCUT2D eigenvalue weighted by Gasteiger charge is 2.21. The molecule has 1 aliphatic heterocycles. The molecule has 0 spiro atoms. The van der Waals surface area contributed by atoms with Gasteiger partial charge in [-0.1, -0.05) is 6.92 Å². The minimum absolute atomic E-state index is 0.139. The summed E-state index contributed by atoms with van der Waals surface area (Å²) in [4.78, 5) is 23.3. The Morgan fingerprint density at radius 3 is 2.48 bits per heavy atom. The molecule has 116 valence electrons. The third-order valence-electron chi connectivity index (χ3n) is 3.65. The maximum atomic E-state index is 12.3. The number of carbonyl (C=O) groups is 1. The molecule has 1 N–H and O–H groups in total. The van der Waals surface area contributed by atoms with Crippen LogP contribution in [0.4, 0.5) is 5.82 Å². The molecule has 1 aliphatic rings. The molecule has 5 heteroatoms. The molecule has 0 aromatic carbocycles. The fraction of sp³-hybridized carbons (Fsp3) is 0.688. The van der Waals surface area contributed by atoms with E-state index < -0.39 is 0 Å². The molecule has 1 amide bonds. The molecule has 1 aromatic heterocycles. The van der Waals surface area contributed by atoms with Crippen LogP contribution < -0.4 is 10.2 Å². The maximum Gasteiger partial charge on any atom is 0.270 e. The number of hydrogen-bond acceptors (Lipinski definition) is 4. The molecule has 1 fully saturated rings. The fourth-order valence-corrected chi connectivity index (χ4v) is 2.47. The van der Waals surface area contributed by atoms with Crippen molar-refractivity contribution in [2.75, 3.05) is 18.0 Å². The number of piperidine rings is 1. The zero-order valence-corrected chi connectivity index (χ0v) is 13.7. The summed E-state index contributed by atoms with van der Waals surface area (Å²) in [5.41, 5.74) is 0.183. The second kappa shape index (κ2) is 6.00. The summed E-state index contributed by atoms with van der Waals surface area (Å²) >= 11 is 0. The summed E-state index contributed by atoms with van der Waals surface area (Å²) in [6.07, 6.45) is 2.35. The van der Waals surface area contributed by atoms with Crippen LogP contribution in [0.1, 0.15) is 56.8 Å². The minimum atomic E-state index is -0.267. The van der Waals surface area contributed by atoms with E-state index in [9.17, 15) is 4.79 Å². The van der Waals surface area contributed by atoms with E-state index in [-0.39, 0.29) is 11.4 Å². The van der Waals surface area contributed by atoms with Crippen LogP contribution in [0.15, 0.2) is 6.07 Å². The van der Waals surface area contributed by atoms with Crippen LogP contribution >= 0.6 is 0 Å². The average molecular weight is 290 g/mol. The molecule has 0 radical (unpaired) electrons. The number of nitrogens with zero attached hydrogens (tertiary/aromatic N) is 3. The lowest BCUT2D eigenvalue weighted by Crippen LogP contribution is -2.41. The van der Waals surface area contributed by atoms with Gasteiger partial charge in [0.2, 0.25) is 0 Å². The van der Waals surface area contributed by atoms with E-state index in [1.807, 2.05) is 33.8 Å². The smallest absolute Gasteiger partial charge is 0.270 e. The number of carbonyl (C=O) groups excluding carboxylic acids is 1. The SMILES string of the molecule is Cc1nc(C(=O)NC(C)(C)C)cc(N2CCC(C)CC2)n1. The molecule has 21 heavy (non-hydrogen) atoms. The van der Waals surface area contributed by atoms with Crippen molar-refractivity contribution in [2.24, 2.45) is 5.92 Å². The van der Waals surface area contributed by atoms with Gasteiger partial charge < -0.3 is 10.2 Å². The molecule has 2 heterocycles. The predicted molar refractivity (Wildman–Crippen MR) is 84.6 cm³/mol. The highest BCUT2D eigenvalue weighted by molar-refractivity contribution is 5.93. The number of anilines is 1. The third kappa shape index (κ3) is 4.41. The lowest BCUT2D eigenvalue weighted by molar-refractivity contribution is 0.0914. The van der Waals surface area contributed by atoms with Crippen LogP contribution in [0.3, 0.4) is 0 Å². The Morgan fingerprint density at radius 1 is 1.29 bits per heavy atom. The van der Waals surface area contributed by atoms with E-state index in [0.717, 1.165) is 24.8 Å². The van der Waals surface area contributed by atoms with Crippen molar-refractivity contribution in [3.05, 3.63) is 17.6 Å². The van der Waals surface area contributed by atoms with Crippen molar-refractivity contribution < 1.29 is 4.79 Å². The predicted octanol–water partition coefficient (Wildman–Crippen LogP) is 2.55. The van der Waals surface area contributed by atoms with E-state index in [0.29, 0.717) is 11.5 Å². The summed E-state index contributed by atoms with van der Waals surface area (Å²) in [5, 5.41) is 2.95. The van der Waals surface area contributed by atoms with E-state index in [1.54, 1.807) is 0 Å². The van der Waals surface area contributed by atoms with E-state index in [1.165, 1.54) is 12.8 Å². The molecular weight excluding hydrogens is 264 g/mol. The molecule has 0 bridgehead atoms. The lowest BCUT2D eigenvalue weighted by Gasteiger charge is -2.31. The van der Waals surface area contributed by atoms with E-state index >= 15 is 0 Å². The molecule has 0 atom stereocenters. The summed E-state index contributed by atoms with van der Waals surface area (Å²) < 4.78 is 0. The number of nitrogens with one attached hydrogen (secondary N) is 1. The van der Waals surface area contributed by atoms with Gasteiger partial charge >= 0.3 is 0 Å². The third-order valence-corrected chi connectivity index (χ3v) is 3.65. The standard InChI is InChI=1S/C16H26N4O/c1-11-6-8-20(9-7-11)14-10-13(17-12(2)18-14)15(21)19-16(3,4)5/h10-11H,6-9H2,1-5H3,(H,19,21). The van der Waals surface area contributed by atoms with Gasteiger partial charge in [0.25, 0.3) is 5.91 Å². The maximum absolute atomic E-state index is 12.3. The normalized spacial score (nSPS) is 16.9. The quantitative estimate of drug-likeness (QED) is 0.909. The van der Waals surface area contributed by atoms with Crippen LogP contribution in [0.25, 0.3) is 0 Å². The van der Waals surface area contributed by atoms with Gasteiger partial charge in [-0.2, -0.15) is 0 Å². The van der Waals surface area contributed by atoms with Crippen molar-refractivity contribution in [2.45, 2.75) is 53.0 Å². The van der Waals surface area contributed by atoms with Gasteiger partial charge in [-0.05, 0) is 46.5 Å². The van der Waals surface area contributed by atoms with Crippen molar-refractivity contribution in [1.82, 2.24) is 15.3 Å². The van der Waals surface area contributed by atoms with Crippen molar-refractivity contribution in [1.29, 1.82) is 0 Å². The Bertz CT molecular complexity index is 513. The van der Waals surface area contributed by atoms with Crippen LogP contribution in [0, 0.1) is 12.8 Å². The van der Waals surface area contributed by atoms with Gasteiger partial charge in [-0.25, -0.2) is 9.97 Å². The van der Waals surface area contributed by atoms with Crippen LogP contribution in [0.5, 0.6) is 0 Å². The summed E-state index contributed by atoms with van der Waals surface area (Å²) in [6, 6.07) is 1.81. The number of hydrogen-bond donors (Lipinski definition) is 1. The number of aromatic nitrogens is 2. The largest absolute Gasteiger partial charge is 0.356 e. The first kappa shape index (κ1) is 15.7. The first-order valence-electron chi connectivity index (χ1n) is 7.68. The molecule has 5 nitrogen and oxygen atoms in total. The highest BCUT2D eigenvalue weighted by Crippen LogP contribution is 2.22. The molecule has 1 saturated heterocycles. The van der Waals surface area contributed by atoms with Crippen LogP contribution in [-0.4, -0.2) is 34.5 Å². The Balaban J connectivity index is 2.19. The average Bonchev–Trinajstić information content (AvgIpc) is 2.36. The number of aryl methyl sites for hydroxylation is 1. The second-order valence-electron chi connectivity index (χ2n) is 7.03. The Hall–Kier alpha value is -1.65. The lowest BCUT2D eigenvalue weighted by atomic mass is 9.99. The molecule has 0 aliphatic carbocycles. The van der Waals surface area contributed by atoms with Gasteiger partial charge in [0.1, 0.15) is 17.3 Å². The molecule has 1 aromatic rings. The zero-order chi connectivity index (χ0) is 15.6. The van der Waals surface area contributed by atoms with Crippen molar-refractivity contribution >= 4 is 11.7 Å². The monoisotopic (exact) mass is 290 g/mol. The topological polar surface area (TPSA) is 58.1 Å². The molecule has 0 saturated carbocycles. The Labute approximate surface area is 127 Å². The van der Waals surface area contributed by atoms with E-state index in [4.69, 9.17) is 0 Å². The van der Waals surface area contributed by atoms with Gasteiger partial charge in [0.05, 0.1) is 0 Å². The first-order valence-corrected chi connectivity index (χ1v) is 7.68. The summed E-state index contributed by atoms with van der Waals surface area (Å²) in [7, 11) is 0. The van der Waals surface area contributed by atoms with Crippen molar-refractivity contribution in [3.8, 4) is 0 Å². The first-order chi connectivity index (χ1) is 9.74. The highest BCUT2D eigenvalue weighted by atomic mass is 16.2. The molecule has 2 rings (SSSR count). The Morgan fingerprint density at radius 2 is 1.90 bits per heavy atom. The van der Waals surface area contributed by atoms with Gasteiger partial charge in [0.15, 0.2) is 0 Å². The van der Waals surface area contributed by atoms with Crippen LogP contribution in [0.2, 0.25) is 0 Å². The summed E-state index contributed by atoms with van der Waals surface area (Å²) in [6.45, 7) is 12.0. The fourth-order valence-electron chi connectivity index (χ4n) is 2.47. The number of amides is 1.